The van der Waals surface area contributed by atoms with Gasteiger partial charge in [-0.3, -0.25) is 0 Å². The van der Waals surface area contributed by atoms with Gasteiger partial charge in [-0.05, 0) is 67.2 Å². The van der Waals surface area contributed by atoms with E-state index in [0.29, 0.717) is 41.9 Å². The smallest absolute Gasteiger partial charge is 0.465 e. The molecular formula is C21H25F3O5S. The van der Waals surface area contributed by atoms with Crippen molar-refractivity contribution in [3.8, 4) is 0 Å². The Morgan fingerprint density at radius 2 is 1.77 bits per heavy atom. The van der Waals surface area contributed by atoms with Crippen molar-refractivity contribution in [1.29, 1.82) is 0 Å². The van der Waals surface area contributed by atoms with Gasteiger partial charge in [-0.25, -0.2) is 4.79 Å². The predicted molar refractivity (Wildman–Crippen MR) is 105 cm³/mol. The fourth-order valence-electron chi connectivity index (χ4n) is 4.28. The van der Waals surface area contributed by atoms with Crippen molar-refractivity contribution in [2.24, 2.45) is 11.8 Å². The zero-order valence-corrected chi connectivity index (χ0v) is 17.7. The van der Waals surface area contributed by atoms with Crippen molar-refractivity contribution in [1.82, 2.24) is 0 Å². The van der Waals surface area contributed by atoms with E-state index in [-0.39, 0.29) is 17.2 Å². The van der Waals surface area contributed by atoms with E-state index in [1.807, 2.05) is 0 Å². The molecule has 0 bridgehead atoms. The molecule has 30 heavy (non-hydrogen) atoms. The summed E-state index contributed by atoms with van der Waals surface area (Å²) in [6.07, 6.45) is 4.99. The maximum atomic E-state index is 13.1. The highest BCUT2D eigenvalue weighted by Gasteiger charge is 2.49. The molecule has 3 rings (SSSR count). The molecule has 0 radical (unpaired) electrons. The summed E-state index contributed by atoms with van der Waals surface area (Å²) >= 11 is 0. The number of esters is 1. The third-order valence-electron chi connectivity index (χ3n) is 5.94. The summed E-state index contributed by atoms with van der Waals surface area (Å²) in [5.74, 6) is -0.287. The van der Waals surface area contributed by atoms with Crippen molar-refractivity contribution >= 4 is 21.8 Å². The molecule has 0 amide bonds. The van der Waals surface area contributed by atoms with Crippen LogP contribution >= 0.6 is 0 Å². The highest BCUT2D eigenvalue weighted by molar-refractivity contribution is 7.87. The Labute approximate surface area is 174 Å². The van der Waals surface area contributed by atoms with Crippen LogP contribution in [0.15, 0.2) is 23.8 Å². The van der Waals surface area contributed by atoms with Crippen LogP contribution in [-0.4, -0.2) is 27.0 Å². The lowest BCUT2D eigenvalue weighted by molar-refractivity contribution is -0.0509. The lowest BCUT2D eigenvalue weighted by Gasteiger charge is -2.29. The van der Waals surface area contributed by atoms with Crippen LogP contribution in [0, 0.1) is 11.8 Å². The van der Waals surface area contributed by atoms with E-state index < -0.39 is 21.6 Å². The zero-order chi connectivity index (χ0) is 22.1. The minimum absolute atomic E-state index is 0.0223. The Morgan fingerprint density at radius 1 is 1.10 bits per heavy atom. The van der Waals surface area contributed by atoms with Crippen molar-refractivity contribution < 1.29 is 35.3 Å². The summed E-state index contributed by atoms with van der Waals surface area (Å²) in [4.78, 5) is 11.9. The number of methoxy groups -OCH3 is 1. The number of hydrogen-bond acceptors (Lipinski definition) is 5. The number of fused-ring (bicyclic) bond motifs is 1. The van der Waals surface area contributed by atoms with E-state index in [1.54, 1.807) is 0 Å². The van der Waals surface area contributed by atoms with Gasteiger partial charge in [-0.15, -0.1) is 0 Å². The lowest BCUT2D eigenvalue weighted by Crippen LogP contribution is -2.26. The lowest BCUT2D eigenvalue weighted by atomic mass is 9.77. The minimum atomic E-state index is -5.82. The molecule has 1 aromatic carbocycles. The zero-order valence-electron chi connectivity index (χ0n) is 16.9. The Balaban J connectivity index is 2.12. The van der Waals surface area contributed by atoms with Crippen LogP contribution in [0.4, 0.5) is 13.2 Å². The molecule has 166 valence electrons. The number of benzene rings is 1. The minimum Gasteiger partial charge on any atom is -0.465 e. The van der Waals surface area contributed by atoms with Crippen LogP contribution in [0.25, 0.3) is 5.76 Å². The number of halogens is 3. The van der Waals surface area contributed by atoms with Gasteiger partial charge in [-0.2, -0.15) is 21.6 Å². The molecule has 0 saturated heterocycles. The average Bonchev–Trinajstić information content (AvgIpc) is 2.86. The summed E-state index contributed by atoms with van der Waals surface area (Å²) in [6, 6.07) is 4.41. The number of alkyl halides is 3. The molecule has 0 aromatic heterocycles. The summed E-state index contributed by atoms with van der Waals surface area (Å²) < 4.78 is 72.6. The first-order valence-electron chi connectivity index (χ1n) is 9.99. The highest BCUT2D eigenvalue weighted by atomic mass is 32.2. The Morgan fingerprint density at radius 3 is 2.37 bits per heavy atom. The molecule has 0 spiro atoms. The Hall–Kier alpha value is -2.03. The molecule has 0 atom stereocenters. The first-order chi connectivity index (χ1) is 14.0. The van der Waals surface area contributed by atoms with E-state index in [9.17, 15) is 26.4 Å². The third kappa shape index (κ3) is 4.66. The van der Waals surface area contributed by atoms with Crippen LogP contribution in [0.1, 0.15) is 66.9 Å². The fraction of sp³-hybridized carbons (Fsp3) is 0.571. The first-order valence-corrected chi connectivity index (χ1v) is 11.4. The number of aryl methyl sites for hydroxylation is 1. The number of ether oxygens (including phenoxy) is 1. The largest absolute Gasteiger partial charge is 0.534 e. The number of hydrogen-bond donors (Lipinski definition) is 0. The van der Waals surface area contributed by atoms with Crippen molar-refractivity contribution in [3.05, 3.63) is 40.5 Å². The maximum absolute atomic E-state index is 13.1. The predicted octanol–water partition coefficient (Wildman–Crippen LogP) is 5.21. The maximum Gasteiger partial charge on any atom is 0.534 e. The molecule has 0 unspecified atom stereocenters. The fourth-order valence-corrected chi connectivity index (χ4v) is 4.79. The van der Waals surface area contributed by atoms with E-state index in [2.05, 4.69) is 6.92 Å². The SMILES string of the molecule is COC(=O)c1ccc2c(c1)CCCC([C@H]1CC[C@@H](C)CC1)=C2OS(=O)(=O)C(F)(F)F. The molecular weight excluding hydrogens is 421 g/mol. The van der Waals surface area contributed by atoms with E-state index >= 15 is 0 Å². The quantitative estimate of drug-likeness (QED) is 0.361. The third-order valence-corrected chi connectivity index (χ3v) is 6.89. The van der Waals surface area contributed by atoms with Gasteiger partial charge < -0.3 is 8.92 Å². The second kappa shape index (κ2) is 8.61. The number of carbonyl (C=O) groups excluding carboxylic acids is 1. The molecule has 0 heterocycles. The first kappa shape index (κ1) is 22.7. The second-order valence-electron chi connectivity index (χ2n) is 8.01. The molecule has 0 N–H and O–H groups in total. The van der Waals surface area contributed by atoms with Gasteiger partial charge in [0, 0.05) is 5.56 Å². The molecule has 1 fully saturated rings. The number of carbonyl (C=O) groups is 1. The summed E-state index contributed by atoms with van der Waals surface area (Å²) in [6.45, 7) is 2.13. The van der Waals surface area contributed by atoms with Gasteiger partial charge in [0.1, 0.15) is 5.76 Å². The van der Waals surface area contributed by atoms with Gasteiger partial charge in [0.05, 0.1) is 12.7 Å². The van der Waals surface area contributed by atoms with E-state index in [0.717, 1.165) is 25.7 Å². The molecule has 1 aromatic rings. The molecule has 5 nitrogen and oxygen atoms in total. The molecule has 1 saturated carbocycles. The average molecular weight is 446 g/mol. The van der Waals surface area contributed by atoms with Crippen LogP contribution in [0.2, 0.25) is 0 Å². The van der Waals surface area contributed by atoms with Gasteiger partial charge in [0.25, 0.3) is 0 Å². The Bertz CT molecular complexity index is 942. The molecule has 0 aliphatic heterocycles. The van der Waals surface area contributed by atoms with Crippen LogP contribution < -0.4 is 0 Å². The standard InChI is InChI=1S/C21H25F3O5S/c1-13-6-8-14(9-7-13)17-5-3-4-15-12-16(20(25)28-2)10-11-18(15)19(17)29-30(26,27)21(22,23)24/h10-14H,3-9H2,1-2H3/t13-,14+. The Kier molecular flexibility index (Phi) is 6.50. The van der Waals surface area contributed by atoms with Crippen molar-refractivity contribution in [3.63, 3.8) is 0 Å². The molecule has 2 aliphatic rings. The van der Waals surface area contributed by atoms with Gasteiger partial charge in [0.15, 0.2) is 0 Å². The van der Waals surface area contributed by atoms with Gasteiger partial charge >= 0.3 is 21.6 Å². The normalized spacial score (nSPS) is 22.8. The van der Waals surface area contributed by atoms with Crippen molar-refractivity contribution in [2.45, 2.75) is 57.4 Å². The van der Waals surface area contributed by atoms with Crippen LogP contribution in [0.5, 0.6) is 0 Å². The highest BCUT2D eigenvalue weighted by Crippen LogP contribution is 2.43. The monoisotopic (exact) mass is 446 g/mol. The molecule has 2 aliphatic carbocycles. The topological polar surface area (TPSA) is 69.7 Å². The van der Waals surface area contributed by atoms with E-state index in [4.69, 9.17) is 8.92 Å². The van der Waals surface area contributed by atoms with Crippen molar-refractivity contribution in [2.75, 3.05) is 7.11 Å². The summed E-state index contributed by atoms with van der Waals surface area (Å²) in [7, 11) is -4.58. The second-order valence-corrected chi connectivity index (χ2v) is 9.55. The summed E-state index contributed by atoms with van der Waals surface area (Å²) in [5, 5.41) is 0. The summed E-state index contributed by atoms with van der Waals surface area (Å²) in [5.41, 5.74) is -3.78. The number of allylic oxidation sites excluding steroid dienone is 1. The van der Waals surface area contributed by atoms with Gasteiger partial charge in [0.2, 0.25) is 0 Å². The van der Waals surface area contributed by atoms with E-state index in [1.165, 1.54) is 25.3 Å². The van der Waals surface area contributed by atoms with Gasteiger partial charge in [-0.1, -0.05) is 25.8 Å². The van der Waals surface area contributed by atoms with Crippen LogP contribution in [-0.2, 0) is 25.5 Å². The number of rotatable bonds is 4. The van der Waals surface area contributed by atoms with Crippen LogP contribution in [0.3, 0.4) is 0 Å². The molecule has 9 heteroatoms.